The molecule has 1 aromatic heterocycles. The van der Waals surface area contributed by atoms with Gasteiger partial charge in [0.05, 0.1) is 39.0 Å². The molecule has 3 heterocycles. The summed E-state index contributed by atoms with van der Waals surface area (Å²) in [4.78, 5) is 23.5. The van der Waals surface area contributed by atoms with Crippen molar-refractivity contribution in [2.24, 2.45) is 0 Å². The number of amides is 1. The molecule has 10 heteroatoms. The van der Waals surface area contributed by atoms with E-state index >= 15 is 4.39 Å². The Balaban J connectivity index is 1.11. The molecule has 9 nitrogen and oxygen atoms in total. The van der Waals surface area contributed by atoms with Crippen molar-refractivity contribution < 1.29 is 28.1 Å². The Morgan fingerprint density at radius 2 is 1.73 bits per heavy atom. The molecule has 2 aliphatic rings. The second-order valence-electron chi connectivity index (χ2n) is 10.9. The van der Waals surface area contributed by atoms with E-state index in [4.69, 9.17) is 18.9 Å². The van der Waals surface area contributed by atoms with Crippen LogP contribution in [-0.2, 0) is 16.1 Å². The summed E-state index contributed by atoms with van der Waals surface area (Å²) >= 11 is 0. The smallest absolute Gasteiger partial charge is 0.241 e. The maximum Gasteiger partial charge on any atom is 0.241 e. The molecule has 230 valence electrons. The topological polar surface area (TPSA) is 76.6 Å². The number of hydrogen-bond donors (Lipinski definition) is 0. The molecule has 0 unspecified atom stereocenters. The number of carbonyl (C=O) groups is 1. The van der Waals surface area contributed by atoms with Gasteiger partial charge < -0.3 is 23.8 Å². The highest BCUT2D eigenvalue weighted by Gasteiger charge is 2.26. The van der Waals surface area contributed by atoms with Crippen LogP contribution >= 0.6 is 0 Å². The molecular formula is C34H37FN4O5. The van der Waals surface area contributed by atoms with Crippen molar-refractivity contribution in [2.45, 2.75) is 13.0 Å². The van der Waals surface area contributed by atoms with E-state index in [1.165, 1.54) is 6.07 Å². The molecule has 44 heavy (non-hydrogen) atoms. The minimum absolute atomic E-state index is 0.0545. The number of halogens is 1. The van der Waals surface area contributed by atoms with Gasteiger partial charge in [-0.2, -0.15) is 0 Å². The number of ether oxygens (including phenoxy) is 4. The van der Waals surface area contributed by atoms with Crippen LogP contribution in [0.2, 0.25) is 0 Å². The molecule has 2 aliphatic heterocycles. The zero-order chi connectivity index (χ0) is 30.3. The Kier molecular flexibility index (Phi) is 9.50. The van der Waals surface area contributed by atoms with Crippen molar-refractivity contribution in [1.82, 2.24) is 14.8 Å². The molecule has 0 N–H and O–H groups in total. The minimum atomic E-state index is -0.556. The summed E-state index contributed by atoms with van der Waals surface area (Å²) in [7, 11) is 1.58. The summed E-state index contributed by atoms with van der Waals surface area (Å²) in [6.07, 6.45) is 2.49. The Labute approximate surface area is 256 Å². The van der Waals surface area contributed by atoms with Gasteiger partial charge in [-0.1, -0.05) is 30.3 Å². The van der Waals surface area contributed by atoms with Gasteiger partial charge in [0.1, 0.15) is 5.75 Å². The molecule has 6 rings (SSSR count). The van der Waals surface area contributed by atoms with Crippen molar-refractivity contribution in [2.75, 3.05) is 71.1 Å². The first-order valence-corrected chi connectivity index (χ1v) is 15.0. The quantitative estimate of drug-likeness (QED) is 0.220. The number of anilines is 1. The Bertz CT molecular complexity index is 1580. The minimum Gasteiger partial charge on any atom is -0.493 e. The third-order valence-corrected chi connectivity index (χ3v) is 7.96. The largest absolute Gasteiger partial charge is 0.493 e. The van der Waals surface area contributed by atoms with Crippen LogP contribution in [0.15, 0.2) is 72.9 Å². The second kappa shape index (κ2) is 14.0. The van der Waals surface area contributed by atoms with Crippen molar-refractivity contribution in [3.63, 3.8) is 0 Å². The normalized spacial score (nSPS) is 16.3. The predicted molar refractivity (Wildman–Crippen MR) is 166 cm³/mol. The molecule has 0 atom stereocenters. The van der Waals surface area contributed by atoms with E-state index in [0.717, 1.165) is 44.8 Å². The fraction of sp³-hybridized carbons (Fsp3) is 0.353. The number of rotatable bonds is 11. The van der Waals surface area contributed by atoms with Crippen LogP contribution in [0.4, 0.5) is 10.1 Å². The second-order valence-corrected chi connectivity index (χ2v) is 10.9. The van der Waals surface area contributed by atoms with Gasteiger partial charge in [0.25, 0.3) is 0 Å². The standard InChI is InChI=1S/C34H37FN4O5/c1-41-32-21-27-29(22-33(32)43-17-5-12-37-15-18-42-19-16-37)36-11-10-30(27)44-31-9-8-26(20-28(31)35)39-14-13-38(24-34(39)40)23-25-6-3-2-4-7-25/h2-4,6-11,20-22H,5,12-19,23-24H2,1H3. The number of benzene rings is 3. The van der Waals surface area contributed by atoms with E-state index in [0.29, 0.717) is 60.1 Å². The van der Waals surface area contributed by atoms with Gasteiger partial charge in [0.2, 0.25) is 5.91 Å². The number of nitrogens with zero attached hydrogens (tertiary/aromatic N) is 4. The number of methoxy groups -OCH3 is 1. The summed E-state index contributed by atoms with van der Waals surface area (Å²) in [5.74, 6) is 1.01. The molecular weight excluding hydrogens is 563 g/mol. The maximum absolute atomic E-state index is 15.4. The van der Waals surface area contributed by atoms with E-state index in [9.17, 15) is 4.79 Å². The van der Waals surface area contributed by atoms with Crippen LogP contribution in [0, 0.1) is 5.82 Å². The van der Waals surface area contributed by atoms with E-state index in [-0.39, 0.29) is 18.2 Å². The summed E-state index contributed by atoms with van der Waals surface area (Å²) in [5.41, 5.74) is 2.31. The number of piperazine rings is 1. The lowest BCUT2D eigenvalue weighted by Gasteiger charge is -2.34. The number of hydrogen-bond acceptors (Lipinski definition) is 8. The molecule has 2 fully saturated rings. The van der Waals surface area contributed by atoms with Crippen LogP contribution in [-0.4, -0.2) is 86.9 Å². The van der Waals surface area contributed by atoms with E-state index in [1.807, 2.05) is 24.3 Å². The molecule has 2 saturated heterocycles. The summed E-state index contributed by atoms with van der Waals surface area (Å²) in [6, 6.07) is 20.0. The lowest BCUT2D eigenvalue weighted by atomic mass is 10.1. The van der Waals surface area contributed by atoms with Gasteiger partial charge in [-0.05, 0) is 36.2 Å². The molecule has 0 aliphatic carbocycles. The fourth-order valence-electron chi connectivity index (χ4n) is 5.62. The van der Waals surface area contributed by atoms with Crippen molar-refractivity contribution in [1.29, 1.82) is 0 Å². The van der Waals surface area contributed by atoms with Gasteiger partial charge in [-0.3, -0.25) is 19.6 Å². The predicted octanol–water partition coefficient (Wildman–Crippen LogP) is 5.12. The van der Waals surface area contributed by atoms with Crippen molar-refractivity contribution in [3.05, 3.63) is 84.3 Å². The van der Waals surface area contributed by atoms with Crippen LogP contribution < -0.4 is 19.1 Å². The zero-order valence-corrected chi connectivity index (χ0v) is 24.9. The summed E-state index contributed by atoms with van der Waals surface area (Å²) in [6.45, 7) is 7.08. The highest BCUT2D eigenvalue weighted by Crippen LogP contribution is 2.38. The zero-order valence-electron chi connectivity index (χ0n) is 24.9. The van der Waals surface area contributed by atoms with E-state index in [2.05, 4.69) is 26.9 Å². The van der Waals surface area contributed by atoms with Crippen molar-refractivity contribution in [3.8, 4) is 23.0 Å². The Hall–Kier alpha value is -4.25. The van der Waals surface area contributed by atoms with Crippen LogP contribution in [0.5, 0.6) is 23.0 Å². The van der Waals surface area contributed by atoms with Crippen molar-refractivity contribution >= 4 is 22.5 Å². The van der Waals surface area contributed by atoms with Crippen LogP contribution in [0.3, 0.4) is 0 Å². The molecule has 3 aromatic carbocycles. The number of fused-ring (bicyclic) bond motifs is 1. The first-order valence-electron chi connectivity index (χ1n) is 15.0. The van der Waals surface area contributed by atoms with Gasteiger partial charge >= 0.3 is 0 Å². The molecule has 1 amide bonds. The highest BCUT2D eigenvalue weighted by molar-refractivity contribution is 5.95. The number of carbonyl (C=O) groups excluding carboxylic acids is 1. The van der Waals surface area contributed by atoms with Gasteiger partial charge in [-0.25, -0.2) is 4.39 Å². The van der Waals surface area contributed by atoms with Crippen LogP contribution in [0.25, 0.3) is 10.9 Å². The summed E-state index contributed by atoms with van der Waals surface area (Å²) < 4.78 is 38.5. The lowest BCUT2D eigenvalue weighted by molar-refractivity contribution is -0.121. The molecule has 0 radical (unpaired) electrons. The highest BCUT2D eigenvalue weighted by atomic mass is 19.1. The number of pyridine rings is 1. The fourth-order valence-corrected chi connectivity index (χ4v) is 5.62. The van der Waals surface area contributed by atoms with Gasteiger partial charge in [-0.15, -0.1) is 0 Å². The van der Waals surface area contributed by atoms with Gasteiger partial charge in [0.15, 0.2) is 23.1 Å². The average molecular weight is 601 g/mol. The Morgan fingerprint density at radius 3 is 2.50 bits per heavy atom. The lowest BCUT2D eigenvalue weighted by Crippen LogP contribution is -2.50. The number of morpholine rings is 1. The van der Waals surface area contributed by atoms with Crippen LogP contribution in [0.1, 0.15) is 12.0 Å². The van der Waals surface area contributed by atoms with E-state index < -0.39 is 5.82 Å². The third kappa shape index (κ3) is 7.10. The van der Waals surface area contributed by atoms with Gasteiger partial charge in [0, 0.05) is 68.7 Å². The van der Waals surface area contributed by atoms with E-state index in [1.54, 1.807) is 42.5 Å². The molecule has 0 saturated carbocycles. The average Bonchev–Trinajstić information content (AvgIpc) is 3.05. The third-order valence-electron chi connectivity index (χ3n) is 7.96. The molecule has 0 bridgehead atoms. The first-order chi connectivity index (χ1) is 21.6. The molecule has 4 aromatic rings. The maximum atomic E-state index is 15.4. The summed E-state index contributed by atoms with van der Waals surface area (Å²) in [5, 5.41) is 0.665. The SMILES string of the molecule is COc1cc2c(Oc3ccc(N4CCN(Cc5ccccc5)CC4=O)cc3F)ccnc2cc1OCCCN1CCOCC1. The number of aromatic nitrogens is 1. The Morgan fingerprint density at radius 1 is 0.886 bits per heavy atom. The first kappa shape index (κ1) is 29.8. The molecule has 0 spiro atoms. The monoisotopic (exact) mass is 600 g/mol.